The fourth-order valence-corrected chi connectivity index (χ4v) is 5.09. The molecule has 5 nitrogen and oxygen atoms in total. The lowest BCUT2D eigenvalue weighted by Crippen LogP contribution is -2.34. The van der Waals surface area contributed by atoms with Crippen LogP contribution in [0.3, 0.4) is 0 Å². The number of halogens is 1. The van der Waals surface area contributed by atoms with Gasteiger partial charge in [-0.15, -0.1) is 0 Å². The molecule has 1 heterocycles. The topological polar surface area (TPSA) is 75.8 Å². The summed E-state index contributed by atoms with van der Waals surface area (Å²) in [5.41, 5.74) is 10.7. The fraction of sp³-hybridized carbons (Fsp3) is 0.345. The maximum absolute atomic E-state index is 15.2. The Morgan fingerprint density at radius 1 is 1.00 bits per heavy atom. The van der Waals surface area contributed by atoms with Crippen molar-refractivity contribution in [1.82, 2.24) is 0 Å². The number of anilines is 1. The van der Waals surface area contributed by atoms with Crippen molar-refractivity contribution in [2.24, 2.45) is 11.1 Å². The van der Waals surface area contributed by atoms with Gasteiger partial charge >= 0.3 is 5.97 Å². The molecule has 182 valence electrons. The Hall–Kier alpha value is -3.38. The van der Waals surface area contributed by atoms with E-state index >= 15 is 4.39 Å². The van der Waals surface area contributed by atoms with Crippen molar-refractivity contribution in [3.63, 3.8) is 0 Å². The second-order valence-electron chi connectivity index (χ2n) is 9.82. The molecular formula is C29H31FN2O3. The average molecular weight is 475 g/mol. The number of carboxylic acids is 1. The van der Waals surface area contributed by atoms with Crippen LogP contribution in [0.1, 0.15) is 42.4 Å². The summed E-state index contributed by atoms with van der Waals surface area (Å²) in [7, 11) is 0. The Balaban J connectivity index is 1.46. The standard InChI is InChI=1S/C29H31FN2O3/c30-28-22(18-31)5-3-6-25(28)23-14-20(19-35-26-7-2-1-4-21(26)17-27(33)34)15-24(16-23)32-12-10-29(8-9-29)11-13-32/h1-7,14-16H,8-13,17-19,31H2,(H,33,34). The lowest BCUT2D eigenvalue weighted by atomic mass is 9.92. The first-order valence-corrected chi connectivity index (χ1v) is 12.3. The molecule has 0 atom stereocenters. The van der Waals surface area contributed by atoms with E-state index in [9.17, 15) is 9.90 Å². The maximum atomic E-state index is 15.2. The Kier molecular flexibility index (Phi) is 6.48. The highest BCUT2D eigenvalue weighted by Crippen LogP contribution is 2.54. The molecule has 0 aromatic heterocycles. The molecule has 1 aliphatic carbocycles. The molecule has 1 aliphatic heterocycles. The third kappa shape index (κ3) is 5.17. The first-order valence-electron chi connectivity index (χ1n) is 12.3. The van der Waals surface area contributed by atoms with Gasteiger partial charge < -0.3 is 20.5 Å². The molecule has 1 spiro atoms. The summed E-state index contributed by atoms with van der Waals surface area (Å²) in [6.45, 7) is 2.39. The number of hydrogen-bond donors (Lipinski definition) is 2. The van der Waals surface area contributed by atoms with Crippen molar-refractivity contribution in [3.8, 4) is 16.9 Å². The predicted molar refractivity (Wildman–Crippen MR) is 135 cm³/mol. The van der Waals surface area contributed by atoms with E-state index in [1.807, 2.05) is 18.2 Å². The van der Waals surface area contributed by atoms with E-state index < -0.39 is 5.97 Å². The second kappa shape index (κ2) is 9.70. The summed E-state index contributed by atoms with van der Waals surface area (Å²) in [5, 5.41) is 9.22. The number of aliphatic carboxylic acids is 1. The van der Waals surface area contributed by atoms with Crippen LogP contribution in [0.5, 0.6) is 5.75 Å². The number of carboxylic acid groups (broad SMARTS) is 1. The van der Waals surface area contributed by atoms with Crippen LogP contribution < -0.4 is 15.4 Å². The summed E-state index contributed by atoms with van der Waals surface area (Å²) in [5.74, 6) is -0.646. The van der Waals surface area contributed by atoms with Crippen molar-refractivity contribution in [2.45, 2.75) is 45.3 Å². The Bertz CT molecular complexity index is 1230. The number of nitrogens with two attached hydrogens (primary N) is 1. The van der Waals surface area contributed by atoms with Gasteiger partial charge in [-0.05, 0) is 66.5 Å². The molecule has 3 aromatic rings. The summed E-state index contributed by atoms with van der Waals surface area (Å²) in [6, 6.07) is 18.6. The molecule has 0 unspecified atom stereocenters. The first kappa shape index (κ1) is 23.4. The molecule has 6 heteroatoms. The van der Waals surface area contributed by atoms with Crippen LogP contribution >= 0.6 is 0 Å². The van der Waals surface area contributed by atoms with Crippen molar-refractivity contribution in [2.75, 3.05) is 18.0 Å². The number of piperidine rings is 1. The van der Waals surface area contributed by atoms with Crippen molar-refractivity contribution in [3.05, 3.63) is 83.2 Å². The normalized spacial score (nSPS) is 16.3. The van der Waals surface area contributed by atoms with Crippen LogP contribution in [0.4, 0.5) is 10.1 Å². The number of carbonyl (C=O) groups is 1. The average Bonchev–Trinajstić information content (AvgIpc) is 3.62. The van der Waals surface area contributed by atoms with Gasteiger partial charge in [-0.2, -0.15) is 0 Å². The number of benzene rings is 3. The quantitative estimate of drug-likeness (QED) is 0.448. The second-order valence-corrected chi connectivity index (χ2v) is 9.82. The molecule has 3 N–H and O–H groups in total. The zero-order chi connectivity index (χ0) is 24.4. The molecule has 1 saturated carbocycles. The summed E-state index contributed by atoms with van der Waals surface area (Å²) in [4.78, 5) is 13.6. The number of rotatable bonds is 8. The lowest BCUT2D eigenvalue weighted by Gasteiger charge is -2.34. The Morgan fingerprint density at radius 2 is 1.74 bits per heavy atom. The van der Waals surface area contributed by atoms with Gasteiger partial charge in [-0.25, -0.2) is 4.39 Å². The van der Waals surface area contributed by atoms with Gasteiger partial charge in [0.25, 0.3) is 0 Å². The number of para-hydroxylation sites is 1. The zero-order valence-electron chi connectivity index (χ0n) is 19.8. The Morgan fingerprint density at radius 3 is 2.46 bits per heavy atom. The van der Waals surface area contributed by atoms with Gasteiger partial charge in [0, 0.05) is 42.0 Å². The first-order chi connectivity index (χ1) is 17.0. The van der Waals surface area contributed by atoms with E-state index in [1.165, 1.54) is 25.7 Å². The largest absolute Gasteiger partial charge is 0.489 e. The highest BCUT2D eigenvalue weighted by atomic mass is 19.1. The Labute approximate surface area is 205 Å². The molecule has 5 rings (SSSR count). The maximum Gasteiger partial charge on any atom is 0.307 e. The summed E-state index contributed by atoms with van der Waals surface area (Å²) >= 11 is 0. The van der Waals surface area contributed by atoms with E-state index in [1.54, 1.807) is 30.3 Å². The van der Waals surface area contributed by atoms with Crippen molar-refractivity contribution < 1.29 is 19.0 Å². The van der Waals surface area contributed by atoms with Gasteiger partial charge in [0.2, 0.25) is 0 Å². The molecule has 3 aromatic carbocycles. The third-order valence-electron chi connectivity index (χ3n) is 7.44. The van der Waals surface area contributed by atoms with Crippen molar-refractivity contribution in [1.29, 1.82) is 0 Å². The van der Waals surface area contributed by atoms with E-state index in [0.29, 0.717) is 27.9 Å². The third-order valence-corrected chi connectivity index (χ3v) is 7.44. The monoisotopic (exact) mass is 474 g/mol. The molecule has 0 amide bonds. The van der Waals surface area contributed by atoms with Gasteiger partial charge in [0.1, 0.15) is 18.2 Å². The minimum Gasteiger partial charge on any atom is -0.489 e. The zero-order valence-corrected chi connectivity index (χ0v) is 19.8. The van der Waals surface area contributed by atoms with E-state index in [4.69, 9.17) is 10.5 Å². The molecule has 0 radical (unpaired) electrons. The van der Waals surface area contributed by atoms with Gasteiger partial charge in [-0.3, -0.25) is 4.79 Å². The van der Waals surface area contributed by atoms with Gasteiger partial charge in [-0.1, -0.05) is 36.4 Å². The highest BCUT2D eigenvalue weighted by molar-refractivity contribution is 5.72. The molecule has 0 bridgehead atoms. The SMILES string of the molecule is NCc1cccc(-c2cc(COc3ccccc3CC(=O)O)cc(N3CCC4(CC3)CC4)c2)c1F. The lowest BCUT2D eigenvalue weighted by molar-refractivity contribution is -0.136. The molecule has 35 heavy (non-hydrogen) atoms. The highest BCUT2D eigenvalue weighted by Gasteiger charge is 2.44. The van der Waals surface area contributed by atoms with E-state index in [0.717, 1.165) is 29.9 Å². The van der Waals surface area contributed by atoms with Crippen LogP contribution in [0.25, 0.3) is 11.1 Å². The van der Waals surface area contributed by atoms with Crippen LogP contribution in [-0.4, -0.2) is 24.2 Å². The van der Waals surface area contributed by atoms with Crippen LogP contribution in [0.15, 0.2) is 60.7 Å². The molecule has 1 saturated heterocycles. The van der Waals surface area contributed by atoms with Crippen LogP contribution in [0, 0.1) is 11.2 Å². The van der Waals surface area contributed by atoms with E-state index in [-0.39, 0.29) is 25.4 Å². The van der Waals surface area contributed by atoms with Crippen LogP contribution in [0.2, 0.25) is 0 Å². The minimum atomic E-state index is -0.904. The minimum absolute atomic E-state index is 0.103. The van der Waals surface area contributed by atoms with Gasteiger partial charge in [0.15, 0.2) is 0 Å². The van der Waals surface area contributed by atoms with Gasteiger partial charge in [0.05, 0.1) is 6.42 Å². The van der Waals surface area contributed by atoms with E-state index in [2.05, 4.69) is 17.0 Å². The van der Waals surface area contributed by atoms with Crippen LogP contribution in [-0.2, 0) is 24.4 Å². The summed E-state index contributed by atoms with van der Waals surface area (Å²) in [6.07, 6.45) is 4.97. The molecule has 2 fully saturated rings. The smallest absolute Gasteiger partial charge is 0.307 e. The number of nitrogens with zero attached hydrogens (tertiary/aromatic N) is 1. The summed E-state index contributed by atoms with van der Waals surface area (Å²) < 4.78 is 21.3. The predicted octanol–water partition coefficient (Wildman–Crippen LogP) is 5.54. The number of hydrogen-bond acceptors (Lipinski definition) is 4. The fourth-order valence-electron chi connectivity index (χ4n) is 5.09. The molecular weight excluding hydrogens is 443 g/mol. The molecule has 2 aliphatic rings. The number of ether oxygens (including phenoxy) is 1. The van der Waals surface area contributed by atoms with Crippen molar-refractivity contribution >= 4 is 11.7 Å².